The summed E-state index contributed by atoms with van der Waals surface area (Å²) in [7, 11) is 0. The number of carbonyl (C=O) groups is 1. The highest BCUT2D eigenvalue weighted by Gasteiger charge is 2.30. The zero-order valence-corrected chi connectivity index (χ0v) is 14.4. The minimum absolute atomic E-state index is 0.0829. The van der Waals surface area contributed by atoms with Crippen molar-refractivity contribution < 1.29 is 9.53 Å². The van der Waals surface area contributed by atoms with Crippen LogP contribution in [0.25, 0.3) is 0 Å². The lowest BCUT2D eigenvalue weighted by atomic mass is 9.80. The van der Waals surface area contributed by atoms with Crippen molar-refractivity contribution in [2.45, 2.75) is 58.5 Å². The molecule has 1 aromatic rings. The zero-order chi connectivity index (χ0) is 16.5. The van der Waals surface area contributed by atoms with E-state index in [-0.39, 0.29) is 12.0 Å². The van der Waals surface area contributed by atoms with E-state index in [1.165, 1.54) is 37.7 Å². The molecule has 126 valence electrons. The number of rotatable bonds is 7. The predicted octanol–water partition coefficient (Wildman–Crippen LogP) is 4.23. The van der Waals surface area contributed by atoms with Crippen LogP contribution >= 0.6 is 0 Å². The van der Waals surface area contributed by atoms with E-state index in [1.54, 1.807) is 0 Å². The van der Waals surface area contributed by atoms with Gasteiger partial charge in [-0.25, -0.2) is 4.79 Å². The molecule has 3 nitrogen and oxygen atoms in total. The van der Waals surface area contributed by atoms with E-state index in [1.807, 2.05) is 26.0 Å². The lowest BCUT2D eigenvalue weighted by molar-refractivity contribution is -0.139. The normalized spacial score (nSPS) is 17.7. The van der Waals surface area contributed by atoms with Gasteiger partial charge in [0.05, 0.1) is 12.2 Å². The second kappa shape index (κ2) is 9.51. The molecule has 1 aromatic carbocycles. The molecule has 0 spiro atoms. The van der Waals surface area contributed by atoms with Crippen molar-refractivity contribution in [3.05, 3.63) is 47.5 Å². The molecule has 1 N–H and O–H groups in total. The third-order valence-corrected chi connectivity index (χ3v) is 4.65. The highest BCUT2D eigenvalue weighted by molar-refractivity contribution is 5.89. The first-order valence-electron chi connectivity index (χ1n) is 8.87. The summed E-state index contributed by atoms with van der Waals surface area (Å²) in [4.78, 5) is 12.3. The van der Waals surface area contributed by atoms with Crippen molar-refractivity contribution in [2.75, 3.05) is 6.61 Å². The van der Waals surface area contributed by atoms with E-state index in [9.17, 15) is 4.79 Å². The molecule has 1 aliphatic rings. The van der Waals surface area contributed by atoms with E-state index in [2.05, 4.69) is 29.6 Å². The highest BCUT2D eigenvalue weighted by atomic mass is 16.5. The van der Waals surface area contributed by atoms with Crippen LogP contribution in [0.1, 0.15) is 51.5 Å². The largest absolute Gasteiger partial charge is 0.463 e. The van der Waals surface area contributed by atoms with Crippen LogP contribution in [-0.4, -0.2) is 18.6 Å². The maximum absolute atomic E-state index is 12.3. The molecule has 2 rings (SSSR count). The standard InChI is InChI=1S/C20H29NO2/c1-3-18(20(22)23-4-2)19(17-13-9-6-10-14-17)21-15-16-11-7-5-8-12-16/h3,5,7-8,11-12,17,19,21H,4,6,9-10,13-15H2,1-2H3/b18-3-/t19-/m1/s1. The van der Waals surface area contributed by atoms with Crippen LogP contribution in [0.3, 0.4) is 0 Å². The molecule has 0 saturated heterocycles. The van der Waals surface area contributed by atoms with Crippen molar-refractivity contribution in [3.63, 3.8) is 0 Å². The molecular formula is C20H29NO2. The fourth-order valence-electron chi connectivity index (χ4n) is 3.46. The Bertz CT molecular complexity index is 504. The maximum Gasteiger partial charge on any atom is 0.335 e. The number of allylic oxidation sites excluding steroid dienone is 1. The summed E-state index contributed by atoms with van der Waals surface area (Å²) in [5.41, 5.74) is 2.03. The molecule has 3 heteroatoms. The van der Waals surface area contributed by atoms with Crippen LogP contribution in [-0.2, 0) is 16.1 Å². The van der Waals surface area contributed by atoms with Gasteiger partial charge in [0.1, 0.15) is 0 Å². The van der Waals surface area contributed by atoms with Gasteiger partial charge in [0.2, 0.25) is 0 Å². The molecule has 1 saturated carbocycles. The summed E-state index contributed by atoms with van der Waals surface area (Å²) in [6.07, 6.45) is 8.12. The van der Waals surface area contributed by atoms with Crippen LogP contribution in [0.5, 0.6) is 0 Å². The number of hydrogen-bond donors (Lipinski definition) is 1. The first-order chi connectivity index (χ1) is 11.3. The summed E-state index contributed by atoms with van der Waals surface area (Å²) in [6.45, 7) is 5.00. The van der Waals surface area contributed by atoms with Crippen molar-refractivity contribution in [1.82, 2.24) is 5.32 Å². The summed E-state index contributed by atoms with van der Waals surface area (Å²) in [6, 6.07) is 10.4. The van der Waals surface area contributed by atoms with E-state index < -0.39 is 0 Å². The monoisotopic (exact) mass is 315 g/mol. The van der Waals surface area contributed by atoms with E-state index in [0.29, 0.717) is 12.5 Å². The average Bonchev–Trinajstić information content (AvgIpc) is 2.60. The van der Waals surface area contributed by atoms with Crippen LogP contribution in [0, 0.1) is 5.92 Å². The smallest absolute Gasteiger partial charge is 0.335 e. The van der Waals surface area contributed by atoms with E-state index >= 15 is 0 Å². The molecule has 1 fully saturated rings. The lowest BCUT2D eigenvalue weighted by Crippen LogP contribution is -2.41. The number of benzene rings is 1. The van der Waals surface area contributed by atoms with Crippen molar-refractivity contribution in [3.8, 4) is 0 Å². The topological polar surface area (TPSA) is 38.3 Å². The molecule has 0 unspecified atom stereocenters. The molecule has 0 aliphatic heterocycles. The summed E-state index contributed by atoms with van der Waals surface area (Å²) in [5, 5.41) is 3.63. The summed E-state index contributed by atoms with van der Waals surface area (Å²) in [5.74, 6) is 0.342. The lowest BCUT2D eigenvalue weighted by Gasteiger charge is -2.32. The van der Waals surface area contributed by atoms with Gasteiger partial charge in [-0.3, -0.25) is 0 Å². The Kier molecular flexibility index (Phi) is 7.34. The first-order valence-corrected chi connectivity index (χ1v) is 8.87. The van der Waals surface area contributed by atoms with Gasteiger partial charge in [0.25, 0.3) is 0 Å². The highest BCUT2D eigenvalue weighted by Crippen LogP contribution is 2.30. The predicted molar refractivity (Wildman–Crippen MR) is 94.0 cm³/mol. The fraction of sp³-hybridized carbons (Fsp3) is 0.550. The molecule has 1 atom stereocenters. The summed E-state index contributed by atoms with van der Waals surface area (Å²) >= 11 is 0. The van der Waals surface area contributed by atoms with Crippen LogP contribution in [0.2, 0.25) is 0 Å². The van der Waals surface area contributed by atoms with Gasteiger partial charge >= 0.3 is 5.97 Å². The molecule has 1 aliphatic carbocycles. The van der Waals surface area contributed by atoms with Gasteiger partial charge < -0.3 is 10.1 Å². The SMILES string of the molecule is C/C=C(\C(=O)OCC)[C@H](NCc1ccccc1)C1CCCCC1. The van der Waals surface area contributed by atoms with Gasteiger partial charge in [0.15, 0.2) is 0 Å². The van der Waals surface area contributed by atoms with E-state index in [4.69, 9.17) is 4.74 Å². The van der Waals surface area contributed by atoms with Crippen LogP contribution in [0.15, 0.2) is 42.0 Å². The molecule has 0 amide bonds. The average molecular weight is 315 g/mol. The van der Waals surface area contributed by atoms with Crippen LogP contribution < -0.4 is 5.32 Å². The Morgan fingerprint density at radius 2 is 1.96 bits per heavy atom. The molecule has 0 radical (unpaired) electrons. The van der Waals surface area contributed by atoms with Crippen molar-refractivity contribution >= 4 is 5.97 Å². The number of esters is 1. The second-order valence-corrected chi connectivity index (χ2v) is 6.21. The van der Waals surface area contributed by atoms with Crippen molar-refractivity contribution in [1.29, 1.82) is 0 Å². The number of carbonyl (C=O) groups excluding carboxylic acids is 1. The number of nitrogens with one attached hydrogen (secondary N) is 1. The van der Waals surface area contributed by atoms with E-state index in [0.717, 1.165) is 12.1 Å². The Morgan fingerprint density at radius 1 is 1.26 bits per heavy atom. The second-order valence-electron chi connectivity index (χ2n) is 6.21. The third-order valence-electron chi connectivity index (χ3n) is 4.65. The molecule has 23 heavy (non-hydrogen) atoms. The minimum Gasteiger partial charge on any atom is -0.463 e. The fourth-order valence-corrected chi connectivity index (χ4v) is 3.46. The Hall–Kier alpha value is -1.61. The Balaban J connectivity index is 2.11. The molecule has 0 bridgehead atoms. The number of ether oxygens (including phenoxy) is 1. The minimum atomic E-state index is -0.175. The summed E-state index contributed by atoms with van der Waals surface area (Å²) < 4.78 is 5.27. The molecule has 0 aromatic heterocycles. The van der Waals surface area contributed by atoms with Gasteiger partial charge in [-0.15, -0.1) is 0 Å². The van der Waals surface area contributed by atoms with Gasteiger partial charge in [-0.05, 0) is 38.2 Å². The van der Waals surface area contributed by atoms with Crippen LogP contribution in [0.4, 0.5) is 0 Å². The van der Waals surface area contributed by atoms with Gasteiger partial charge in [-0.2, -0.15) is 0 Å². The van der Waals surface area contributed by atoms with Gasteiger partial charge in [0, 0.05) is 12.6 Å². The Morgan fingerprint density at radius 3 is 2.57 bits per heavy atom. The quantitative estimate of drug-likeness (QED) is 0.604. The number of hydrogen-bond acceptors (Lipinski definition) is 3. The zero-order valence-electron chi connectivity index (χ0n) is 14.4. The Labute approximate surface area is 140 Å². The van der Waals surface area contributed by atoms with Crippen molar-refractivity contribution in [2.24, 2.45) is 5.92 Å². The molecular weight excluding hydrogens is 286 g/mol. The maximum atomic E-state index is 12.3. The molecule has 0 heterocycles. The van der Waals surface area contributed by atoms with Gasteiger partial charge in [-0.1, -0.05) is 55.7 Å². The first kappa shape index (κ1) is 17.7. The third kappa shape index (κ3) is 5.21.